The smallest absolute Gasteiger partial charge is 0.107 e. The molecular weight excluding hydrogens is 330 g/mol. The zero-order valence-corrected chi connectivity index (χ0v) is 12.9. The summed E-state index contributed by atoms with van der Waals surface area (Å²) in [5.74, 6) is 0. The summed E-state index contributed by atoms with van der Waals surface area (Å²) in [5, 5.41) is 3.62. The van der Waals surface area contributed by atoms with E-state index in [2.05, 4.69) is 51.6 Å². The lowest BCUT2D eigenvalue weighted by molar-refractivity contribution is 0.536. The van der Waals surface area contributed by atoms with Crippen LogP contribution in [0.1, 0.15) is 16.0 Å². The Morgan fingerprint density at radius 1 is 1.28 bits per heavy atom. The molecule has 0 fully saturated rings. The van der Waals surface area contributed by atoms with Gasteiger partial charge in [0.15, 0.2) is 0 Å². The summed E-state index contributed by atoms with van der Waals surface area (Å²) in [6, 6.07) is 11.4. The summed E-state index contributed by atoms with van der Waals surface area (Å²) in [4.78, 5) is 1.28. The highest BCUT2D eigenvalue weighted by molar-refractivity contribution is 9.10. The minimum Gasteiger partial charge on any atom is -0.308 e. The fourth-order valence-electron chi connectivity index (χ4n) is 2.43. The molecule has 1 aromatic heterocycles. The zero-order valence-electron chi connectivity index (χ0n) is 9.75. The van der Waals surface area contributed by atoms with Gasteiger partial charge in [0.1, 0.15) is 4.34 Å². The molecule has 2 aromatic rings. The molecule has 0 amide bonds. The molecule has 0 unspecified atom stereocenters. The van der Waals surface area contributed by atoms with Crippen LogP contribution in [0.3, 0.4) is 0 Å². The maximum absolute atomic E-state index is 6.04. The number of nitrogens with one attached hydrogen (secondary N) is 1. The Labute approximate surface area is 124 Å². The van der Waals surface area contributed by atoms with E-state index in [0.717, 1.165) is 28.2 Å². The van der Waals surface area contributed by atoms with E-state index in [9.17, 15) is 0 Å². The van der Waals surface area contributed by atoms with Crippen LogP contribution in [0.5, 0.6) is 0 Å². The average molecular weight is 343 g/mol. The first-order valence-electron chi connectivity index (χ1n) is 5.96. The van der Waals surface area contributed by atoms with Crippen molar-refractivity contribution in [3.05, 3.63) is 55.1 Å². The van der Waals surface area contributed by atoms with Crippen LogP contribution in [-0.4, -0.2) is 6.04 Å². The molecule has 1 heterocycles. The van der Waals surface area contributed by atoms with Crippen molar-refractivity contribution < 1.29 is 0 Å². The molecule has 4 heteroatoms. The van der Waals surface area contributed by atoms with Crippen LogP contribution in [0.2, 0.25) is 4.34 Å². The quantitative estimate of drug-likeness (QED) is 0.870. The monoisotopic (exact) mass is 341 g/mol. The van der Waals surface area contributed by atoms with Crippen molar-refractivity contribution in [1.82, 2.24) is 5.32 Å². The molecule has 94 valence electrons. The molecule has 1 aliphatic rings. The van der Waals surface area contributed by atoms with Gasteiger partial charge in [0.2, 0.25) is 0 Å². The SMILES string of the molecule is Clc1sc(CNC2Cc3ccccc3C2)cc1Br. The van der Waals surface area contributed by atoms with Crippen LogP contribution >= 0.6 is 38.9 Å². The van der Waals surface area contributed by atoms with Crippen molar-refractivity contribution in [2.24, 2.45) is 0 Å². The number of hydrogen-bond acceptors (Lipinski definition) is 2. The molecule has 0 atom stereocenters. The summed E-state index contributed by atoms with van der Waals surface area (Å²) in [6.45, 7) is 0.897. The molecule has 1 N–H and O–H groups in total. The molecule has 3 rings (SSSR count). The Kier molecular flexibility index (Phi) is 3.76. The summed E-state index contributed by atoms with van der Waals surface area (Å²) < 4.78 is 1.84. The van der Waals surface area contributed by atoms with Gasteiger partial charge in [0, 0.05) is 21.9 Å². The lowest BCUT2D eigenvalue weighted by atomic mass is 10.1. The van der Waals surface area contributed by atoms with Gasteiger partial charge in [-0.2, -0.15) is 0 Å². The first-order valence-corrected chi connectivity index (χ1v) is 7.95. The predicted molar refractivity (Wildman–Crippen MR) is 81.5 cm³/mol. The first kappa shape index (κ1) is 12.7. The molecule has 0 bridgehead atoms. The van der Waals surface area contributed by atoms with E-state index in [4.69, 9.17) is 11.6 Å². The molecule has 0 saturated heterocycles. The Morgan fingerprint density at radius 3 is 2.50 bits per heavy atom. The topological polar surface area (TPSA) is 12.0 Å². The molecular formula is C14H13BrClNS. The second kappa shape index (κ2) is 5.33. The van der Waals surface area contributed by atoms with Crippen LogP contribution < -0.4 is 5.32 Å². The van der Waals surface area contributed by atoms with Gasteiger partial charge in [0.25, 0.3) is 0 Å². The minimum atomic E-state index is 0.557. The van der Waals surface area contributed by atoms with Crippen molar-refractivity contribution in [2.75, 3.05) is 0 Å². The third-order valence-electron chi connectivity index (χ3n) is 3.31. The molecule has 1 nitrogen and oxygen atoms in total. The summed E-state index contributed by atoms with van der Waals surface area (Å²) in [5.41, 5.74) is 2.97. The van der Waals surface area contributed by atoms with Gasteiger partial charge in [-0.25, -0.2) is 0 Å². The van der Waals surface area contributed by atoms with E-state index in [1.54, 1.807) is 11.3 Å². The Morgan fingerprint density at radius 2 is 1.94 bits per heavy atom. The zero-order chi connectivity index (χ0) is 12.5. The minimum absolute atomic E-state index is 0.557. The van der Waals surface area contributed by atoms with Crippen molar-refractivity contribution in [3.63, 3.8) is 0 Å². The molecule has 1 aliphatic carbocycles. The summed E-state index contributed by atoms with van der Waals surface area (Å²) >= 11 is 11.1. The van der Waals surface area contributed by atoms with Crippen LogP contribution in [0.4, 0.5) is 0 Å². The normalized spacial score (nSPS) is 15.0. The highest BCUT2D eigenvalue weighted by Crippen LogP contribution is 2.32. The van der Waals surface area contributed by atoms with Gasteiger partial charge in [-0.1, -0.05) is 35.9 Å². The standard InChI is InChI=1S/C14H13BrClNS/c15-13-7-12(18-14(13)16)8-17-11-5-9-3-1-2-4-10(9)6-11/h1-4,7,11,17H,5-6,8H2. The van der Waals surface area contributed by atoms with Crippen molar-refractivity contribution in [2.45, 2.75) is 25.4 Å². The van der Waals surface area contributed by atoms with E-state index >= 15 is 0 Å². The van der Waals surface area contributed by atoms with Crippen LogP contribution in [0, 0.1) is 0 Å². The van der Waals surface area contributed by atoms with Gasteiger partial charge >= 0.3 is 0 Å². The van der Waals surface area contributed by atoms with Crippen LogP contribution in [0.15, 0.2) is 34.8 Å². The fraction of sp³-hybridized carbons (Fsp3) is 0.286. The van der Waals surface area contributed by atoms with E-state index in [0.29, 0.717) is 6.04 Å². The van der Waals surface area contributed by atoms with Gasteiger partial charge in [-0.05, 0) is 46.0 Å². The number of benzene rings is 1. The lowest BCUT2D eigenvalue weighted by Gasteiger charge is -2.10. The van der Waals surface area contributed by atoms with E-state index in [1.807, 2.05) is 0 Å². The second-order valence-electron chi connectivity index (χ2n) is 4.59. The Hall–Kier alpha value is -0.350. The van der Waals surface area contributed by atoms with Crippen molar-refractivity contribution in [3.8, 4) is 0 Å². The van der Waals surface area contributed by atoms with Crippen LogP contribution in [0.25, 0.3) is 0 Å². The van der Waals surface area contributed by atoms with Gasteiger partial charge in [-0.15, -0.1) is 11.3 Å². The third kappa shape index (κ3) is 2.64. The summed E-state index contributed by atoms with van der Waals surface area (Å²) in [6.07, 6.45) is 2.27. The highest BCUT2D eigenvalue weighted by Gasteiger charge is 2.20. The molecule has 0 saturated carbocycles. The van der Waals surface area contributed by atoms with Crippen molar-refractivity contribution >= 4 is 38.9 Å². The summed E-state index contributed by atoms with van der Waals surface area (Å²) in [7, 11) is 0. The lowest BCUT2D eigenvalue weighted by Crippen LogP contribution is -2.28. The molecule has 0 spiro atoms. The van der Waals surface area contributed by atoms with Crippen molar-refractivity contribution in [1.29, 1.82) is 0 Å². The molecule has 0 radical (unpaired) electrons. The average Bonchev–Trinajstić information content (AvgIpc) is 2.91. The highest BCUT2D eigenvalue weighted by atomic mass is 79.9. The third-order valence-corrected chi connectivity index (χ3v) is 5.79. The van der Waals surface area contributed by atoms with Gasteiger partial charge in [-0.3, -0.25) is 0 Å². The second-order valence-corrected chi connectivity index (χ2v) is 7.18. The molecule has 1 aromatic carbocycles. The van der Waals surface area contributed by atoms with E-state index in [-0.39, 0.29) is 0 Å². The number of halogens is 2. The Bertz CT molecular complexity index is 522. The predicted octanol–water partition coefficient (Wildman–Crippen LogP) is 4.42. The number of thiophene rings is 1. The Balaban J connectivity index is 1.60. The number of hydrogen-bond donors (Lipinski definition) is 1. The maximum Gasteiger partial charge on any atom is 0.107 e. The molecule has 18 heavy (non-hydrogen) atoms. The van der Waals surface area contributed by atoms with E-state index in [1.165, 1.54) is 16.0 Å². The largest absolute Gasteiger partial charge is 0.308 e. The van der Waals surface area contributed by atoms with Gasteiger partial charge < -0.3 is 5.32 Å². The van der Waals surface area contributed by atoms with Crippen LogP contribution in [-0.2, 0) is 19.4 Å². The maximum atomic E-state index is 6.04. The number of rotatable bonds is 3. The number of fused-ring (bicyclic) bond motifs is 1. The fourth-order valence-corrected chi connectivity index (χ4v) is 4.17. The van der Waals surface area contributed by atoms with Gasteiger partial charge in [0.05, 0.1) is 0 Å². The molecule has 0 aliphatic heterocycles. The first-order chi connectivity index (χ1) is 8.72. The van der Waals surface area contributed by atoms with E-state index < -0.39 is 0 Å².